The molecule has 0 fully saturated rings. The number of ether oxygens (including phenoxy) is 1. The van der Waals surface area contributed by atoms with Gasteiger partial charge in [-0.05, 0) is 18.2 Å². The highest BCUT2D eigenvalue weighted by molar-refractivity contribution is 6.31. The zero-order valence-corrected chi connectivity index (χ0v) is 11.1. The summed E-state index contributed by atoms with van der Waals surface area (Å²) in [5, 5.41) is -0.0956. The number of methoxy groups -OCH3 is 1. The number of aromatic nitrogens is 1. The van der Waals surface area contributed by atoms with Gasteiger partial charge >= 0.3 is 18.1 Å². The van der Waals surface area contributed by atoms with E-state index in [9.17, 15) is 26.7 Å². The summed E-state index contributed by atoms with van der Waals surface area (Å²) in [5.41, 5.74) is -2.55. The molecular formula is C12H7ClF5NO2. The fourth-order valence-corrected chi connectivity index (χ4v) is 2.03. The van der Waals surface area contributed by atoms with Crippen LogP contribution >= 0.6 is 11.6 Å². The molecule has 0 aliphatic heterocycles. The van der Waals surface area contributed by atoms with Gasteiger partial charge in [0.25, 0.3) is 0 Å². The molecule has 114 valence electrons. The minimum absolute atomic E-state index is 0.0773. The summed E-state index contributed by atoms with van der Waals surface area (Å²) in [6.45, 7) is 0. The van der Waals surface area contributed by atoms with Gasteiger partial charge < -0.3 is 9.72 Å². The fraction of sp³-hybridized carbons (Fsp3) is 0.250. The summed E-state index contributed by atoms with van der Waals surface area (Å²) in [4.78, 5) is 13.5. The molecule has 1 aromatic heterocycles. The number of halogens is 6. The van der Waals surface area contributed by atoms with E-state index in [1.807, 2.05) is 4.98 Å². The zero-order valence-electron chi connectivity index (χ0n) is 10.3. The van der Waals surface area contributed by atoms with E-state index in [4.69, 9.17) is 11.6 Å². The van der Waals surface area contributed by atoms with Gasteiger partial charge in [0.2, 0.25) is 0 Å². The number of aromatic amines is 1. The number of esters is 1. The minimum atomic E-state index is -5.86. The van der Waals surface area contributed by atoms with Crippen molar-refractivity contribution >= 4 is 28.5 Å². The number of H-pyrrole nitrogens is 1. The van der Waals surface area contributed by atoms with Gasteiger partial charge in [-0.3, -0.25) is 0 Å². The molecule has 0 saturated heterocycles. The van der Waals surface area contributed by atoms with E-state index in [2.05, 4.69) is 4.74 Å². The second-order valence-electron chi connectivity index (χ2n) is 4.13. The normalized spacial score (nSPS) is 12.7. The van der Waals surface area contributed by atoms with Gasteiger partial charge in [0.15, 0.2) is 0 Å². The summed E-state index contributed by atoms with van der Waals surface area (Å²) in [7, 11) is 0.876. The molecule has 0 aliphatic rings. The Balaban J connectivity index is 2.83. The van der Waals surface area contributed by atoms with Crippen LogP contribution in [-0.2, 0) is 10.7 Å². The monoisotopic (exact) mass is 327 g/mol. The van der Waals surface area contributed by atoms with Gasteiger partial charge in [-0.15, -0.1) is 0 Å². The second kappa shape index (κ2) is 4.87. The first-order valence-electron chi connectivity index (χ1n) is 5.44. The number of carbonyl (C=O) groups is 1. The maximum absolute atomic E-state index is 13.6. The molecule has 3 nitrogen and oxygen atoms in total. The van der Waals surface area contributed by atoms with Gasteiger partial charge in [-0.2, -0.15) is 22.0 Å². The molecule has 0 atom stereocenters. The first kappa shape index (κ1) is 15.6. The van der Waals surface area contributed by atoms with Gasteiger partial charge in [-0.25, -0.2) is 4.79 Å². The Bertz CT molecular complexity index is 707. The highest BCUT2D eigenvalue weighted by Crippen LogP contribution is 2.46. The summed E-state index contributed by atoms with van der Waals surface area (Å²) in [6.07, 6.45) is -5.86. The number of carbonyl (C=O) groups excluding carboxylic acids is 1. The SMILES string of the molecule is COC(=O)c1c(C(F)(F)C(F)(F)F)[nH]c2ccc(Cl)cc12. The maximum Gasteiger partial charge on any atom is 0.459 e. The molecule has 0 amide bonds. The van der Waals surface area contributed by atoms with Crippen LogP contribution < -0.4 is 0 Å². The topological polar surface area (TPSA) is 42.1 Å². The third kappa shape index (κ3) is 2.44. The number of alkyl halides is 5. The van der Waals surface area contributed by atoms with Crippen molar-refractivity contribution in [1.29, 1.82) is 0 Å². The van der Waals surface area contributed by atoms with Crippen molar-refractivity contribution < 1.29 is 31.5 Å². The molecule has 1 aromatic carbocycles. The van der Waals surface area contributed by atoms with Crippen LogP contribution in [0.25, 0.3) is 10.9 Å². The van der Waals surface area contributed by atoms with E-state index < -0.39 is 29.3 Å². The molecule has 9 heteroatoms. The lowest BCUT2D eigenvalue weighted by atomic mass is 10.1. The van der Waals surface area contributed by atoms with E-state index >= 15 is 0 Å². The third-order valence-corrected chi connectivity index (χ3v) is 3.06. The number of rotatable bonds is 2. The summed E-state index contributed by atoms with van der Waals surface area (Å²) in [5.74, 6) is -6.55. The van der Waals surface area contributed by atoms with Crippen molar-refractivity contribution in [1.82, 2.24) is 4.98 Å². The van der Waals surface area contributed by atoms with Crippen molar-refractivity contribution in [2.75, 3.05) is 7.11 Å². The number of benzene rings is 1. The van der Waals surface area contributed by atoms with Crippen LogP contribution in [0.5, 0.6) is 0 Å². The standard InChI is InChI=1S/C12H7ClF5NO2/c1-21-10(20)8-6-4-5(13)2-3-7(6)19-9(8)11(14,15)12(16,17)18/h2-4,19H,1H3. The van der Waals surface area contributed by atoms with Crippen LogP contribution in [0.2, 0.25) is 5.02 Å². The van der Waals surface area contributed by atoms with Gasteiger partial charge in [0.05, 0.1) is 12.7 Å². The Hall–Kier alpha value is -1.83. The van der Waals surface area contributed by atoms with Gasteiger partial charge in [-0.1, -0.05) is 11.6 Å². The predicted molar refractivity (Wildman–Crippen MR) is 64.6 cm³/mol. The Kier molecular flexibility index (Phi) is 3.61. The van der Waals surface area contributed by atoms with Gasteiger partial charge in [0.1, 0.15) is 5.69 Å². The van der Waals surface area contributed by atoms with E-state index in [1.165, 1.54) is 12.1 Å². The molecular weight excluding hydrogens is 321 g/mol. The second-order valence-corrected chi connectivity index (χ2v) is 4.57. The maximum atomic E-state index is 13.6. The number of hydrogen-bond donors (Lipinski definition) is 1. The van der Waals surface area contributed by atoms with Crippen LogP contribution in [0.15, 0.2) is 18.2 Å². The van der Waals surface area contributed by atoms with Gasteiger partial charge in [0, 0.05) is 15.9 Å². The summed E-state index contributed by atoms with van der Waals surface area (Å²) < 4.78 is 69.0. The number of nitrogens with one attached hydrogen (secondary N) is 1. The average Bonchev–Trinajstić information content (AvgIpc) is 2.75. The highest BCUT2D eigenvalue weighted by Gasteiger charge is 2.61. The van der Waals surface area contributed by atoms with Crippen molar-refractivity contribution in [3.8, 4) is 0 Å². The largest absolute Gasteiger partial charge is 0.465 e. The van der Waals surface area contributed by atoms with Crippen molar-refractivity contribution in [2.24, 2.45) is 0 Å². The number of hydrogen-bond acceptors (Lipinski definition) is 2. The molecule has 21 heavy (non-hydrogen) atoms. The lowest BCUT2D eigenvalue weighted by Gasteiger charge is -2.19. The minimum Gasteiger partial charge on any atom is -0.465 e. The summed E-state index contributed by atoms with van der Waals surface area (Å²) >= 11 is 5.68. The quantitative estimate of drug-likeness (QED) is 0.661. The Labute approximate surface area is 119 Å². The molecule has 1 N–H and O–H groups in total. The number of fused-ring (bicyclic) bond motifs is 1. The van der Waals surface area contributed by atoms with Crippen LogP contribution in [0.1, 0.15) is 16.1 Å². The molecule has 2 rings (SSSR count). The first-order chi connectivity index (χ1) is 9.59. The average molecular weight is 328 g/mol. The third-order valence-electron chi connectivity index (χ3n) is 2.82. The summed E-state index contributed by atoms with van der Waals surface area (Å²) in [6, 6.07) is 3.59. The Morgan fingerprint density at radius 1 is 1.24 bits per heavy atom. The lowest BCUT2D eigenvalue weighted by Crippen LogP contribution is -2.35. The van der Waals surface area contributed by atoms with Crippen LogP contribution in [0.4, 0.5) is 22.0 Å². The molecule has 2 aromatic rings. The van der Waals surface area contributed by atoms with E-state index in [1.54, 1.807) is 0 Å². The fourth-order valence-electron chi connectivity index (χ4n) is 1.86. The van der Waals surface area contributed by atoms with E-state index in [0.29, 0.717) is 0 Å². The van der Waals surface area contributed by atoms with Crippen molar-refractivity contribution in [3.05, 3.63) is 34.5 Å². The Morgan fingerprint density at radius 2 is 1.86 bits per heavy atom. The lowest BCUT2D eigenvalue weighted by molar-refractivity contribution is -0.290. The van der Waals surface area contributed by atoms with Crippen molar-refractivity contribution in [3.63, 3.8) is 0 Å². The predicted octanol–water partition coefficient (Wildman–Crippen LogP) is 4.26. The van der Waals surface area contributed by atoms with E-state index in [-0.39, 0.29) is 15.9 Å². The first-order valence-corrected chi connectivity index (χ1v) is 5.82. The molecule has 0 saturated carbocycles. The molecule has 0 spiro atoms. The molecule has 1 heterocycles. The zero-order chi connectivity index (χ0) is 16.0. The van der Waals surface area contributed by atoms with Crippen LogP contribution in [0, 0.1) is 0 Å². The Morgan fingerprint density at radius 3 is 2.38 bits per heavy atom. The van der Waals surface area contributed by atoms with Crippen LogP contribution in [-0.4, -0.2) is 24.2 Å². The highest BCUT2D eigenvalue weighted by atomic mass is 35.5. The van der Waals surface area contributed by atoms with Crippen LogP contribution in [0.3, 0.4) is 0 Å². The molecule has 0 aliphatic carbocycles. The molecule has 0 unspecified atom stereocenters. The smallest absolute Gasteiger partial charge is 0.459 e. The molecule has 0 bridgehead atoms. The molecule has 0 radical (unpaired) electrons. The van der Waals surface area contributed by atoms with E-state index in [0.717, 1.165) is 13.2 Å². The van der Waals surface area contributed by atoms with Crippen molar-refractivity contribution in [2.45, 2.75) is 12.1 Å².